The van der Waals surface area contributed by atoms with E-state index in [1.807, 2.05) is 26.0 Å². The van der Waals surface area contributed by atoms with Gasteiger partial charge in [-0.1, -0.05) is 17.7 Å². The van der Waals surface area contributed by atoms with Crippen molar-refractivity contribution < 1.29 is 19.4 Å². The summed E-state index contributed by atoms with van der Waals surface area (Å²) in [6.45, 7) is 5.05. The van der Waals surface area contributed by atoms with Crippen molar-refractivity contribution >= 4 is 46.2 Å². The summed E-state index contributed by atoms with van der Waals surface area (Å²) in [4.78, 5) is 49.5. The molecule has 0 spiro atoms. The molecule has 5 rings (SSSR count). The number of fused-ring (bicyclic) bond motifs is 2. The van der Waals surface area contributed by atoms with E-state index in [2.05, 4.69) is 15.2 Å². The van der Waals surface area contributed by atoms with Gasteiger partial charge in [0.25, 0.3) is 5.56 Å². The highest BCUT2D eigenvalue weighted by atomic mass is 35.5. The third kappa shape index (κ3) is 4.51. The lowest BCUT2D eigenvalue weighted by Crippen LogP contribution is -2.34. The number of carbonyl (C=O) groups excluding carboxylic acids is 1. The maximum absolute atomic E-state index is 13.4. The summed E-state index contributed by atoms with van der Waals surface area (Å²) in [5.74, 6) is -0.246. The molecule has 1 aromatic carbocycles. The van der Waals surface area contributed by atoms with Crippen LogP contribution in [0, 0.1) is 18.8 Å². The summed E-state index contributed by atoms with van der Waals surface area (Å²) in [7, 11) is 5.02. The number of carboxylic acids is 1. The minimum atomic E-state index is -1.20. The zero-order valence-electron chi connectivity index (χ0n) is 21.7. The Labute approximate surface area is 224 Å². The van der Waals surface area contributed by atoms with Gasteiger partial charge in [-0.2, -0.15) is 0 Å². The molecule has 1 aliphatic carbocycles. The van der Waals surface area contributed by atoms with E-state index in [4.69, 9.17) is 21.3 Å². The number of hydrogen-bond donors (Lipinski definition) is 2. The molecule has 3 unspecified atom stereocenters. The highest BCUT2D eigenvalue weighted by Crippen LogP contribution is 2.48. The van der Waals surface area contributed by atoms with Crippen LogP contribution >= 0.6 is 11.6 Å². The van der Waals surface area contributed by atoms with Crippen LogP contribution in [0.25, 0.3) is 10.9 Å². The van der Waals surface area contributed by atoms with Crippen LogP contribution in [0.2, 0.25) is 5.15 Å². The molecular weight excluding hydrogens is 512 g/mol. The molecule has 3 aromatic rings. The Bertz CT molecular complexity index is 1510. The first kappa shape index (κ1) is 25.8. The third-order valence-electron chi connectivity index (χ3n) is 7.23. The first-order valence-electron chi connectivity index (χ1n) is 12.3. The van der Waals surface area contributed by atoms with E-state index >= 15 is 0 Å². The monoisotopic (exact) mass is 540 g/mol. The molecule has 0 radical (unpaired) electrons. The highest BCUT2D eigenvalue weighted by molar-refractivity contribution is 6.29. The van der Waals surface area contributed by atoms with Crippen molar-refractivity contribution in [1.82, 2.24) is 19.4 Å². The highest BCUT2D eigenvalue weighted by Gasteiger charge is 2.59. The largest absolute Gasteiger partial charge is 0.476 e. The van der Waals surface area contributed by atoms with Gasteiger partial charge in [-0.15, -0.1) is 0 Å². The fourth-order valence-electron chi connectivity index (χ4n) is 5.21. The standard InChI is InChI=1S/C26H29ClN6O5/c1-12-8-14(13(2)28-18-6-7-19(27)29-21(18)24(35)36)20-15(9-12)23(34)32(5)25(30-20)33-10-16-17(11-33)22(16)38-26(37)31(3)4/h6-9,13,16-17,22,28H,10-11H2,1-5H3,(H,35,36). The molecule has 38 heavy (non-hydrogen) atoms. The summed E-state index contributed by atoms with van der Waals surface area (Å²) >= 11 is 5.91. The number of ether oxygens (including phenoxy) is 1. The van der Waals surface area contributed by atoms with Gasteiger partial charge in [-0.3, -0.25) is 9.36 Å². The van der Waals surface area contributed by atoms with Gasteiger partial charge in [-0.25, -0.2) is 19.6 Å². The first-order chi connectivity index (χ1) is 18.0. The van der Waals surface area contributed by atoms with E-state index in [1.165, 1.54) is 11.0 Å². The number of pyridine rings is 1. The van der Waals surface area contributed by atoms with E-state index in [0.29, 0.717) is 35.6 Å². The van der Waals surface area contributed by atoms with Gasteiger partial charge in [0.1, 0.15) is 11.3 Å². The van der Waals surface area contributed by atoms with Crippen LogP contribution < -0.4 is 15.8 Å². The first-order valence-corrected chi connectivity index (χ1v) is 12.6. The second kappa shape index (κ2) is 9.46. The Kier molecular flexibility index (Phi) is 6.42. The number of anilines is 2. The number of nitrogens with one attached hydrogen (secondary N) is 1. The Morgan fingerprint density at radius 2 is 1.89 bits per heavy atom. The molecule has 3 heterocycles. The van der Waals surface area contributed by atoms with E-state index in [1.54, 1.807) is 31.8 Å². The number of halogens is 1. The second-order valence-electron chi connectivity index (χ2n) is 10.2. The lowest BCUT2D eigenvalue weighted by molar-refractivity contribution is 0.0691. The number of carbonyl (C=O) groups is 2. The Morgan fingerprint density at radius 3 is 2.53 bits per heavy atom. The van der Waals surface area contributed by atoms with Crippen LogP contribution in [0.3, 0.4) is 0 Å². The normalized spacial score (nSPS) is 20.7. The van der Waals surface area contributed by atoms with Gasteiger partial charge in [0.15, 0.2) is 5.69 Å². The predicted molar refractivity (Wildman–Crippen MR) is 143 cm³/mol. The van der Waals surface area contributed by atoms with Crippen molar-refractivity contribution in [2.45, 2.75) is 26.0 Å². The average Bonchev–Trinajstić information content (AvgIpc) is 3.28. The maximum atomic E-state index is 13.4. The molecule has 1 amide bonds. The van der Waals surface area contributed by atoms with E-state index in [9.17, 15) is 19.5 Å². The SMILES string of the molecule is Cc1cc(C(C)Nc2ccc(Cl)nc2C(=O)O)c2nc(N3CC4C(C3)C4OC(=O)N(C)C)n(C)c(=O)c2c1. The number of aryl methyl sites for hydroxylation is 1. The smallest absolute Gasteiger partial charge is 0.409 e. The third-order valence-corrected chi connectivity index (χ3v) is 7.44. The molecule has 200 valence electrons. The number of aromatic nitrogens is 3. The van der Waals surface area contributed by atoms with Gasteiger partial charge < -0.3 is 25.0 Å². The number of aromatic carboxylic acids is 1. The summed E-state index contributed by atoms with van der Waals surface area (Å²) in [5.41, 5.74) is 2.14. The molecule has 2 aliphatic rings. The van der Waals surface area contributed by atoms with Gasteiger partial charge in [0.2, 0.25) is 5.95 Å². The van der Waals surface area contributed by atoms with Crippen molar-refractivity contribution in [2.75, 3.05) is 37.4 Å². The van der Waals surface area contributed by atoms with E-state index < -0.39 is 12.0 Å². The van der Waals surface area contributed by atoms with Crippen LogP contribution in [0.15, 0.2) is 29.1 Å². The summed E-state index contributed by atoms with van der Waals surface area (Å²) < 4.78 is 7.12. The number of benzene rings is 1. The van der Waals surface area contributed by atoms with Crippen molar-refractivity contribution in [2.24, 2.45) is 18.9 Å². The minimum Gasteiger partial charge on any atom is -0.476 e. The summed E-state index contributed by atoms with van der Waals surface area (Å²) in [5, 5.41) is 13.4. The number of piperidine rings is 1. The lowest BCUT2D eigenvalue weighted by atomic mass is 10.0. The van der Waals surface area contributed by atoms with Crippen LogP contribution in [-0.2, 0) is 11.8 Å². The van der Waals surface area contributed by atoms with E-state index in [-0.39, 0.29) is 40.4 Å². The zero-order valence-corrected chi connectivity index (χ0v) is 22.5. The van der Waals surface area contributed by atoms with Crippen LogP contribution in [0.1, 0.15) is 34.6 Å². The Morgan fingerprint density at radius 1 is 1.21 bits per heavy atom. The lowest BCUT2D eigenvalue weighted by Gasteiger charge is -2.25. The average molecular weight is 541 g/mol. The van der Waals surface area contributed by atoms with E-state index in [0.717, 1.165) is 11.1 Å². The zero-order chi connectivity index (χ0) is 27.5. The van der Waals surface area contributed by atoms with Crippen LogP contribution in [0.4, 0.5) is 16.4 Å². The van der Waals surface area contributed by atoms with Crippen molar-refractivity contribution in [3.8, 4) is 0 Å². The van der Waals surface area contributed by atoms with Crippen molar-refractivity contribution in [3.63, 3.8) is 0 Å². The Balaban J connectivity index is 1.47. The van der Waals surface area contributed by atoms with Gasteiger partial charge >= 0.3 is 12.1 Å². The topological polar surface area (TPSA) is 130 Å². The predicted octanol–water partition coefficient (Wildman–Crippen LogP) is 3.29. The second-order valence-corrected chi connectivity index (χ2v) is 10.6. The molecule has 1 saturated heterocycles. The maximum Gasteiger partial charge on any atom is 0.409 e. The van der Waals surface area contributed by atoms with Crippen molar-refractivity contribution in [1.29, 1.82) is 0 Å². The fraction of sp³-hybridized carbons (Fsp3) is 0.423. The van der Waals surface area contributed by atoms with Gasteiger partial charge in [0.05, 0.1) is 22.6 Å². The number of rotatable bonds is 6. The number of nitrogens with zero attached hydrogens (tertiary/aromatic N) is 5. The molecule has 1 saturated carbocycles. The summed E-state index contributed by atoms with van der Waals surface area (Å²) in [6.07, 6.45) is -0.465. The molecular formula is C26H29ClN6O5. The molecule has 2 aromatic heterocycles. The Hall–Kier alpha value is -3.86. The summed E-state index contributed by atoms with van der Waals surface area (Å²) in [6, 6.07) is 6.45. The quantitative estimate of drug-likeness (QED) is 0.452. The van der Waals surface area contributed by atoms with Crippen LogP contribution in [0.5, 0.6) is 0 Å². The van der Waals surface area contributed by atoms with Crippen LogP contribution in [-0.4, -0.2) is 69.9 Å². The molecule has 1 aliphatic heterocycles. The molecule has 2 fully saturated rings. The molecule has 3 atom stereocenters. The number of carboxylic acid groups (broad SMARTS) is 1. The van der Waals surface area contributed by atoms with Gasteiger partial charge in [-0.05, 0) is 37.6 Å². The molecule has 0 bridgehead atoms. The fourth-order valence-corrected chi connectivity index (χ4v) is 5.36. The van der Waals surface area contributed by atoms with Crippen molar-refractivity contribution in [3.05, 3.63) is 56.6 Å². The molecule has 2 N–H and O–H groups in total. The number of amides is 1. The van der Waals surface area contributed by atoms with Gasteiger partial charge in [0, 0.05) is 51.6 Å². The molecule has 11 nitrogen and oxygen atoms in total. The molecule has 12 heteroatoms. The minimum absolute atomic E-state index is 0.0822. The number of hydrogen-bond acceptors (Lipinski definition) is 8.